The summed E-state index contributed by atoms with van der Waals surface area (Å²) in [6.45, 7) is 3.23. The predicted octanol–water partition coefficient (Wildman–Crippen LogP) is 3.66. The van der Waals surface area contributed by atoms with E-state index in [1.165, 1.54) is 0 Å². The summed E-state index contributed by atoms with van der Waals surface area (Å²) in [5, 5.41) is 6.52. The molecule has 3 rings (SSSR count). The molecule has 2 aromatic heterocycles. The van der Waals surface area contributed by atoms with Crippen LogP contribution in [0.5, 0.6) is 11.5 Å². The van der Waals surface area contributed by atoms with E-state index >= 15 is 0 Å². The molecule has 0 spiro atoms. The van der Waals surface area contributed by atoms with Crippen molar-refractivity contribution in [2.75, 3.05) is 31.4 Å². The monoisotopic (exact) mass is 368 g/mol. The highest BCUT2D eigenvalue weighted by atomic mass is 16.5. The zero-order valence-electron chi connectivity index (χ0n) is 15.8. The van der Waals surface area contributed by atoms with Gasteiger partial charge in [-0.15, -0.1) is 0 Å². The molecule has 2 heterocycles. The lowest BCUT2D eigenvalue weighted by molar-refractivity contribution is 0.354. The zero-order chi connectivity index (χ0) is 19.1. The first-order valence-corrected chi connectivity index (χ1v) is 8.74. The molecule has 0 fully saturated rings. The Labute approximate surface area is 158 Å². The van der Waals surface area contributed by atoms with Gasteiger partial charge < -0.3 is 24.5 Å². The Morgan fingerprint density at radius 1 is 1.00 bits per heavy atom. The van der Waals surface area contributed by atoms with Crippen LogP contribution in [0.4, 0.5) is 11.8 Å². The topological polar surface area (TPSA) is 81.4 Å². The number of aryl methyl sites for hydroxylation is 1. The second-order valence-electron chi connectivity index (χ2n) is 6.02. The van der Waals surface area contributed by atoms with Crippen molar-refractivity contribution in [3.63, 3.8) is 0 Å². The number of benzene rings is 1. The number of methoxy groups -OCH3 is 2. The molecule has 0 amide bonds. The van der Waals surface area contributed by atoms with Gasteiger partial charge in [0, 0.05) is 18.3 Å². The van der Waals surface area contributed by atoms with Crippen molar-refractivity contribution < 1.29 is 13.9 Å². The van der Waals surface area contributed by atoms with Gasteiger partial charge in [-0.05, 0) is 43.2 Å². The maximum Gasteiger partial charge on any atom is 0.225 e. The molecule has 0 radical (unpaired) electrons. The quantitative estimate of drug-likeness (QED) is 0.596. The minimum Gasteiger partial charge on any atom is -0.493 e. The maximum atomic E-state index is 5.35. The van der Waals surface area contributed by atoms with Gasteiger partial charge in [-0.25, -0.2) is 4.98 Å². The average molecular weight is 368 g/mol. The van der Waals surface area contributed by atoms with E-state index in [0.717, 1.165) is 47.3 Å². The fourth-order valence-corrected chi connectivity index (χ4v) is 2.69. The van der Waals surface area contributed by atoms with Crippen molar-refractivity contribution in [2.45, 2.75) is 19.9 Å². The number of furan rings is 1. The summed E-state index contributed by atoms with van der Waals surface area (Å²) in [5.41, 5.74) is 2.04. The molecule has 7 nitrogen and oxygen atoms in total. The van der Waals surface area contributed by atoms with E-state index in [0.29, 0.717) is 12.5 Å². The number of rotatable bonds is 9. The van der Waals surface area contributed by atoms with Gasteiger partial charge in [-0.1, -0.05) is 6.07 Å². The predicted molar refractivity (Wildman–Crippen MR) is 105 cm³/mol. The van der Waals surface area contributed by atoms with Crippen molar-refractivity contribution in [3.8, 4) is 11.5 Å². The van der Waals surface area contributed by atoms with E-state index in [-0.39, 0.29) is 0 Å². The smallest absolute Gasteiger partial charge is 0.225 e. The molecule has 27 heavy (non-hydrogen) atoms. The summed E-state index contributed by atoms with van der Waals surface area (Å²) in [5.74, 6) is 3.65. The average Bonchev–Trinajstić information content (AvgIpc) is 3.19. The lowest BCUT2D eigenvalue weighted by Crippen LogP contribution is -2.10. The molecular weight excluding hydrogens is 344 g/mol. The largest absolute Gasteiger partial charge is 0.493 e. The van der Waals surface area contributed by atoms with Crippen molar-refractivity contribution in [1.29, 1.82) is 0 Å². The molecule has 0 saturated carbocycles. The first kappa shape index (κ1) is 18.6. The molecule has 0 bridgehead atoms. The van der Waals surface area contributed by atoms with Crippen molar-refractivity contribution >= 4 is 11.8 Å². The minimum absolute atomic E-state index is 0.543. The third kappa shape index (κ3) is 5.13. The number of anilines is 2. The Morgan fingerprint density at radius 2 is 1.85 bits per heavy atom. The molecule has 7 heteroatoms. The van der Waals surface area contributed by atoms with Gasteiger partial charge >= 0.3 is 0 Å². The van der Waals surface area contributed by atoms with Gasteiger partial charge in [0.05, 0.1) is 27.0 Å². The van der Waals surface area contributed by atoms with Crippen molar-refractivity contribution in [2.24, 2.45) is 0 Å². The van der Waals surface area contributed by atoms with Crippen LogP contribution in [0.2, 0.25) is 0 Å². The maximum absolute atomic E-state index is 5.35. The number of aromatic nitrogens is 2. The minimum atomic E-state index is 0.543. The number of hydrogen-bond donors (Lipinski definition) is 2. The third-order valence-electron chi connectivity index (χ3n) is 4.02. The van der Waals surface area contributed by atoms with Gasteiger partial charge in [0.2, 0.25) is 5.95 Å². The first-order chi connectivity index (χ1) is 13.2. The second kappa shape index (κ2) is 8.93. The van der Waals surface area contributed by atoms with Crippen molar-refractivity contribution in [3.05, 3.63) is 59.7 Å². The Hall–Kier alpha value is -3.22. The summed E-state index contributed by atoms with van der Waals surface area (Å²) < 4.78 is 15.9. The van der Waals surface area contributed by atoms with Gasteiger partial charge in [0.15, 0.2) is 11.5 Å². The molecule has 3 aromatic rings. The normalized spacial score (nSPS) is 10.5. The molecule has 2 N–H and O–H groups in total. The number of ether oxygens (including phenoxy) is 2. The SMILES string of the molecule is COc1ccc(CCNc2cc(C)nc(NCc3ccco3)n2)cc1OC. The lowest BCUT2D eigenvalue weighted by Gasteiger charge is -2.11. The summed E-state index contributed by atoms with van der Waals surface area (Å²) in [6.07, 6.45) is 2.48. The Bertz CT molecular complexity index is 866. The molecule has 1 aromatic carbocycles. The van der Waals surface area contributed by atoms with Crippen molar-refractivity contribution in [1.82, 2.24) is 9.97 Å². The Morgan fingerprint density at radius 3 is 2.59 bits per heavy atom. The van der Waals surface area contributed by atoms with E-state index in [4.69, 9.17) is 13.9 Å². The van der Waals surface area contributed by atoms with Gasteiger partial charge in [0.25, 0.3) is 0 Å². The van der Waals surface area contributed by atoms with Crippen LogP contribution in [0.25, 0.3) is 0 Å². The molecule has 0 atom stereocenters. The zero-order valence-corrected chi connectivity index (χ0v) is 15.8. The van der Waals surface area contributed by atoms with Crippen LogP contribution in [-0.2, 0) is 13.0 Å². The number of hydrogen-bond acceptors (Lipinski definition) is 7. The summed E-state index contributed by atoms with van der Waals surface area (Å²) in [4.78, 5) is 8.91. The highest BCUT2D eigenvalue weighted by Crippen LogP contribution is 2.27. The summed E-state index contributed by atoms with van der Waals surface area (Å²) >= 11 is 0. The Kier molecular flexibility index (Phi) is 6.14. The fourth-order valence-electron chi connectivity index (χ4n) is 2.69. The second-order valence-corrected chi connectivity index (χ2v) is 6.02. The molecule has 0 unspecified atom stereocenters. The molecule has 0 aliphatic heterocycles. The van der Waals surface area contributed by atoms with E-state index in [9.17, 15) is 0 Å². The van der Waals surface area contributed by atoms with E-state index in [1.807, 2.05) is 43.3 Å². The lowest BCUT2D eigenvalue weighted by atomic mass is 10.1. The fraction of sp³-hybridized carbons (Fsp3) is 0.300. The Balaban J connectivity index is 1.57. The molecule has 142 valence electrons. The molecule has 0 aliphatic carbocycles. The van der Waals surface area contributed by atoms with Crippen LogP contribution in [0, 0.1) is 6.92 Å². The molecule has 0 aliphatic rings. The van der Waals surface area contributed by atoms with E-state index in [2.05, 4.69) is 20.6 Å². The summed E-state index contributed by atoms with van der Waals surface area (Å²) in [6, 6.07) is 11.6. The van der Waals surface area contributed by atoms with Crippen LogP contribution in [0.3, 0.4) is 0 Å². The number of nitrogens with one attached hydrogen (secondary N) is 2. The summed E-state index contributed by atoms with van der Waals surface area (Å²) in [7, 11) is 3.27. The van der Waals surface area contributed by atoms with Crippen LogP contribution in [-0.4, -0.2) is 30.7 Å². The highest BCUT2D eigenvalue weighted by molar-refractivity contribution is 5.44. The third-order valence-corrected chi connectivity index (χ3v) is 4.02. The van der Waals surface area contributed by atoms with Gasteiger partial charge in [0.1, 0.15) is 11.6 Å². The van der Waals surface area contributed by atoms with Crippen LogP contribution in [0.15, 0.2) is 47.1 Å². The standard InChI is InChI=1S/C20H24N4O3/c1-14-11-19(24-20(23-14)22-13-16-5-4-10-27-16)21-9-8-15-6-7-17(25-2)18(12-15)26-3/h4-7,10-12H,8-9,13H2,1-3H3,(H2,21,22,23,24). The van der Waals surface area contributed by atoms with E-state index in [1.54, 1.807) is 20.5 Å². The van der Waals surface area contributed by atoms with Crippen LogP contribution < -0.4 is 20.1 Å². The highest BCUT2D eigenvalue weighted by Gasteiger charge is 2.06. The van der Waals surface area contributed by atoms with Crippen LogP contribution >= 0.6 is 0 Å². The van der Waals surface area contributed by atoms with Crippen LogP contribution in [0.1, 0.15) is 17.0 Å². The molecular formula is C20H24N4O3. The van der Waals surface area contributed by atoms with E-state index < -0.39 is 0 Å². The van der Waals surface area contributed by atoms with Gasteiger partial charge in [-0.2, -0.15) is 4.98 Å². The van der Waals surface area contributed by atoms with Gasteiger partial charge in [-0.3, -0.25) is 0 Å². The molecule has 0 saturated heterocycles. The first-order valence-electron chi connectivity index (χ1n) is 8.74. The number of nitrogens with zero attached hydrogens (tertiary/aromatic N) is 2.